The van der Waals surface area contributed by atoms with E-state index in [1.165, 1.54) is 22.3 Å². The lowest BCUT2D eigenvalue weighted by Gasteiger charge is -1.98. The Bertz CT molecular complexity index is 863. The van der Waals surface area contributed by atoms with Crippen LogP contribution in [0.25, 0.3) is 22.3 Å². The van der Waals surface area contributed by atoms with Crippen LogP contribution in [-0.2, 0) is 0 Å². The first-order valence-electron chi connectivity index (χ1n) is 10.1. The predicted octanol–water partition coefficient (Wildman–Crippen LogP) is 8.39. The van der Waals surface area contributed by atoms with Crippen LogP contribution in [0.3, 0.4) is 0 Å². The van der Waals surface area contributed by atoms with Crippen molar-refractivity contribution in [1.82, 2.24) is 0 Å². The van der Waals surface area contributed by atoms with Crippen LogP contribution >= 0.6 is 0 Å². The molecule has 5 aromatic carbocycles. The average molecular weight is 387 g/mol. The van der Waals surface area contributed by atoms with E-state index in [-0.39, 0.29) is 0 Å². The van der Waals surface area contributed by atoms with Gasteiger partial charge in [-0.2, -0.15) is 0 Å². The maximum atomic E-state index is 2.12. The van der Waals surface area contributed by atoms with Gasteiger partial charge in [-0.25, -0.2) is 0 Å². The SMILES string of the molecule is c1ccc(-c2ccccc2)cc1.c1ccc(-c2ccccc2)cc1.c1ccccc1. The van der Waals surface area contributed by atoms with Crippen molar-refractivity contribution in [2.75, 3.05) is 0 Å². The molecule has 0 amide bonds. The predicted molar refractivity (Wildman–Crippen MR) is 130 cm³/mol. The molecule has 5 aromatic rings. The third kappa shape index (κ3) is 7.26. The fraction of sp³-hybridized carbons (Fsp3) is 0. The largest absolute Gasteiger partial charge is 0.0623 e. The first-order chi connectivity index (χ1) is 14.9. The first-order valence-corrected chi connectivity index (χ1v) is 10.1. The van der Waals surface area contributed by atoms with Gasteiger partial charge in [0, 0.05) is 0 Å². The smallest absolute Gasteiger partial charge is 0.0184 e. The second-order valence-electron chi connectivity index (χ2n) is 6.62. The zero-order chi connectivity index (χ0) is 20.7. The van der Waals surface area contributed by atoms with Gasteiger partial charge in [0.25, 0.3) is 0 Å². The molecule has 0 saturated heterocycles. The summed E-state index contributed by atoms with van der Waals surface area (Å²) in [5.41, 5.74) is 5.10. The Balaban J connectivity index is 0.000000136. The van der Waals surface area contributed by atoms with Gasteiger partial charge < -0.3 is 0 Å². The number of benzene rings is 5. The highest BCUT2D eigenvalue weighted by Crippen LogP contribution is 2.18. The van der Waals surface area contributed by atoms with E-state index in [1.807, 2.05) is 60.7 Å². The summed E-state index contributed by atoms with van der Waals surface area (Å²) in [5.74, 6) is 0. The van der Waals surface area contributed by atoms with Crippen LogP contribution in [0, 0.1) is 0 Å². The Hall–Kier alpha value is -3.90. The average Bonchev–Trinajstić information content (AvgIpc) is 2.88. The van der Waals surface area contributed by atoms with E-state index in [0.29, 0.717) is 0 Å². The first kappa shape index (κ1) is 20.8. The van der Waals surface area contributed by atoms with Crippen molar-refractivity contribution >= 4 is 0 Å². The van der Waals surface area contributed by atoms with Crippen molar-refractivity contribution in [2.45, 2.75) is 0 Å². The van der Waals surface area contributed by atoms with Gasteiger partial charge in [0.15, 0.2) is 0 Å². The molecule has 0 aromatic heterocycles. The number of hydrogen-bond acceptors (Lipinski definition) is 0. The van der Waals surface area contributed by atoms with Gasteiger partial charge >= 0.3 is 0 Å². The molecule has 0 fully saturated rings. The molecule has 0 heteroatoms. The molecule has 0 aliphatic carbocycles. The summed E-state index contributed by atoms with van der Waals surface area (Å²) in [6.45, 7) is 0. The van der Waals surface area contributed by atoms with Crippen LogP contribution in [0.4, 0.5) is 0 Å². The minimum absolute atomic E-state index is 1.28. The second-order valence-corrected chi connectivity index (χ2v) is 6.62. The zero-order valence-electron chi connectivity index (χ0n) is 17.0. The molecule has 5 rings (SSSR count). The third-order valence-corrected chi connectivity index (χ3v) is 4.43. The van der Waals surface area contributed by atoms with E-state index in [2.05, 4.69) is 97.1 Å². The second kappa shape index (κ2) is 12.5. The molecule has 0 N–H and O–H groups in total. The molecule has 0 unspecified atom stereocenters. The summed E-state index contributed by atoms with van der Waals surface area (Å²) in [6.07, 6.45) is 0. The molecule has 0 nitrogen and oxygen atoms in total. The van der Waals surface area contributed by atoms with E-state index >= 15 is 0 Å². The zero-order valence-corrected chi connectivity index (χ0v) is 17.0. The van der Waals surface area contributed by atoms with Crippen LogP contribution in [0.2, 0.25) is 0 Å². The molecule has 0 saturated carbocycles. The standard InChI is InChI=1S/2C12H10.C6H6/c2*1-3-7-11(8-4-1)12-9-5-2-6-10-12;1-2-4-6-5-3-1/h2*1-10H;1-6H. The van der Waals surface area contributed by atoms with Crippen molar-refractivity contribution < 1.29 is 0 Å². The quantitative estimate of drug-likeness (QED) is 0.286. The van der Waals surface area contributed by atoms with Gasteiger partial charge in [-0.1, -0.05) is 158 Å². The van der Waals surface area contributed by atoms with Gasteiger partial charge in [0.1, 0.15) is 0 Å². The highest BCUT2D eigenvalue weighted by molar-refractivity contribution is 5.63. The molecule has 0 atom stereocenters. The Kier molecular flexibility index (Phi) is 8.70. The molecule has 0 heterocycles. The molecule has 0 spiro atoms. The van der Waals surface area contributed by atoms with Gasteiger partial charge in [0.05, 0.1) is 0 Å². The van der Waals surface area contributed by atoms with Crippen molar-refractivity contribution in [3.8, 4) is 22.3 Å². The van der Waals surface area contributed by atoms with Crippen molar-refractivity contribution in [2.24, 2.45) is 0 Å². The van der Waals surface area contributed by atoms with Gasteiger partial charge in [-0.3, -0.25) is 0 Å². The van der Waals surface area contributed by atoms with Gasteiger partial charge in [0.2, 0.25) is 0 Å². The molecule has 0 aliphatic heterocycles. The lowest BCUT2D eigenvalue weighted by atomic mass is 10.1. The van der Waals surface area contributed by atoms with Crippen LogP contribution in [0.5, 0.6) is 0 Å². The minimum Gasteiger partial charge on any atom is -0.0623 e. The monoisotopic (exact) mass is 386 g/mol. The molecular weight excluding hydrogens is 360 g/mol. The maximum Gasteiger partial charge on any atom is -0.0184 e. The molecule has 0 bridgehead atoms. The molecule has 30 heavy (non-hydrogen) atoms. The van der Waals surface area contributed by atoms with Crippen molar-refractivity contribution in [3.05, 3.63) is 158 Å². The summed E-state index contributed by atoms with van der Waals surface area (Å²) >= 11 is 0. The highest BCUT2D eigenvalue weighted by Gasteiger charge is 1.92. The molecule has 0 radical (unpaired) electrons. The molecule has 146 valence electrons. The lowest BCUT2D eigenvalue weighted by molar-refractivity contribution is 1.62. The Morgan fingerprint density at radius 3 is 0.467 bits per heavy atom. The van der Waals surface area contributed by atoms with E-state index in [9.17, 15) is 0 Å². The Labute approximate surface area is 180 Å². The Morgan fingerprint density at radius 1 is 0.167 bits per heavy atom. The number of rotatable bonds is 2. The Morgan fingerprint density at radius 2 is 0.300 bits per heavy atom. The van der Waals surface area contributed by atoms with Crippen LogP contribution in [0.15, 0.2) is 158 Å². The van der Waals surface area contributed by atoms with E-state index < -0.39 is 0 Å². The number of hydrogen-bond donors (Lipinski definition) is 0. The fourth-order valence-corrected chi connectivity index (χ4v) is 2.91. The van der Waals surface area contributed by atoms with Crippen LogP contribution in [0.1, 0.15) is 0 Å². The van der Waals surface area contributed by atoms with E-state index in [4.69, 9.17) is 0 Å². The van der Waals surface area contributed by atoms with Crippen molar-refractivity contribution in [3.63, 3.8) is 0 Å². The lowest BCUT2D eigenvalue weighted by Crippen LogP contribution is -1.73. The van der Waals surface area contributed by atoms with Gasteiger partial charge in [-0.15, -0.1) is 0 Å². The molecule has 0 aliphatic rings. The summed E-state index contributed by atoms with van der Waals surface area (Å²) in [6, 6.07) is 53.6. The molecular formula is C30H26. The van der Waals surface area contributed by atoms with E-state index in [1.54, 1.807) is 0 Å². The van der Waals surface area contributed by atoms with Crippen molar-refractivity contribution in [1.29, 1.82) is 0 Å². The summed E-state index contributed by atoms with van der Waals surface area (Å²) in [4.78, 5) is 0. The summed E-state index contributed by atoms with van der Waals surface area (Å²) < 4.78 is 0. The summed E-state index contributed by atoms with van der Waals surface area (Å²) in [7, 11) is 0. The van der Waals surface area contributed by atoms with Crippen LogP contribution < -0.4 is 0 Å². The summed E-state index contributed by atoms with van der Waals surface area (Å²) in [5, 5.41) is 0. The highest BCUT2D eigenvalue weighted by atomic mass is 14.0. The third-order valence-electron chi connectivity index (χ3n) is 4.43. The van der Waals surface area contributed by atoms with Gasteiger partial charge in [-0.05, 0) is 22.3 Å². The van der Waals surface area contributed by atoms with Crippen LogP contribution in [-0.4, -0.2) is 0 Å². The maximum absolute atomic E-state index is 2.12. The normalized spacial score (nSPS) is 9.33. The minimum atomic E-state index is 1.28. The van der Waals surface area contributed by atoms with E-state index in [0.717, 1.165) is 0 Å². The fourth-order valence-electron chi connectivity index (χ4n) is 2.91. The topological polar surface area (TPSA) is 0 Å².